The minimum atomic E-state index is -3.90. The zero-order valence-corrected chi connectivity index (χ0v) is 16.1. The van der Waals surface area contributed by atoms with Crippen LogP contribution in [0.15, 0.2) is 63.8 Å². The number of aryl methyl sites for hydroxylation is 1. The van der Waals surface area contributed by atoms with Crippen LogP contribution in [-0.4, -0.2) is 24.4 Å². The number of carbonyl (C=O) groups is 1. The number of nitro benzene ring substituents is 1. The predicted molar refractivity (Wildman–Crippen MR) is 104 cm³/mol. The lowest BCUT2D eigenvalue weighted by Gasteiger charge is -2.05. The maximum atomic E-state index is 12.6. The third-order valence-corrected chi connectivity index (χ3v) is 6.78. The van der Waals surface area contributed by atoms with Gasteiger partial charge >= 0.3 is 6.03 Å². The summed E-state index contributed by atoms with van der Waals surface area (Å²) < 4.78 is 25.1. The fourth-order valence-electron chi connectivity index (χ4n) is 2.20. The van der Waals surface area contributed by atoms with E-state index in [1.807, 2.05) is 19.1 Å². The van der Waals surface area contributed by atoms with Crippen LogP contribution >= 0.6 is 11.3 Å². The molecule has 9 nitrogen and oxygen atoms in total. The number of anilines is 2. The lowest BCUT2D eigenvalue weighted by atomic mass is 10.2. The molecule has 0 atom stereocenters. The number of hydrogen-bond acceptors (Lipinski definition) is 7. The predicted octanol–water partition coefficient (Wildman–Crippen LogP) is 3.84. The topological polar surface area (TPSA) is 131 Å². The first-order chi connectivity index (χ1) is 13.3. The number of amides is 2. The molecule has 0 saturated heterocycles. The SMILES string of the molecule is Cc1ccc(NC(=O)Nc2ncc(S(=O)(=O)c3ccc([N+](=O)[O-])cc3)s2)cc1. The first-order valence-corrected chi connectivity index (χ1v) is 10.2. The highest BCUT2D eigenvalue weighted by Crippen LogP contribution is 2.29. The van der Waals surface area contributed by atoms with E-state index in [1.165, 1.54) is 0 Å². The normalized spacial score (nSPS) is 11.0. The van der Waals surface area contributed by atoms with Gasteiger partial charge in [0, 0.05) is 17.8 Å². The first kappa shape index (κ1) is 19.5. The molecule has 144 valence electrons. The van der Waals surface area contributed by atoms with Gasteiger partial charge in [-0.15, -0.1) is 0 Å². The van der Waals surface area contributed by atoms with Crippen molar-refractivity contribution < 1.29 is 18.1 Å². The summed E-state index contributed by atoms with van der Waals surface area (Å²) in [5, 5.41) is 15.9. The molecule has 0 spiro atoms. The summed E-state index contributed by atoms with van der Waals surface area (Å²) in [6.45, 7) is 1.92. The smallest absolute Gasteiger partial charge is 0.308 e. The highest BCUT2D eigenvalue weighted by atomic mass is 32.2. The van der Waals surface area contributed by atoms with Crippen molar-refractivity contribution in [1.29, 1.82) is 0 Å². The molecule has 1 aromatic heterocycles. The zero-order chi connectivity index (χ0) is 20.3. The van der Waals surface area contributed by atoms with Crippen LogP contribution in [0.2, 0.25) is 0 Å². The molecule has 0 aliphatic heterocycles. The number of rotatable bonds is 5. The van der Waals surface area contributed by atoms with Crippen molar-refractivity contribution in [1.82, 2.24) is 4.98 Å². The molecule has 2 aromatic carbocycles. The molecule has 0 aliphatic carbocycles. The summed E-state index contributed by atoms with van der Waals surface area (Å²) in [5.74, 6) is 0. The Morgan fingerprint density at radius 3 is 2.32 bits per heavy atom. The fourth-order valence-corrected chi connectivity index (χ4v) is 4.63. The number of nitro groups is 1. The third kappa shape index (κ3) is 4.32. The van der Waals surface area contributed by atoms with Crippen LogP contribution in [0.5, 0.6) is 0 Å². The van der Waals surface area contributed by atoms with Crippen LogP contribution in [-0.2, 0) is 9.84 Å². The number of nitrogens with one attached hydrogen (secondary N) is 2. The number of benzene rings is 2. The fraction of sp³-hybridized carbons (Fsp3) is 0.0588. The van der Waals surface area contributed by atoms with Crippen molar-refractivity contribution in [3.63, 3.8) is 0 Å². The second-order valence-corrected chi connectivity index (χ2v) is 8.89. The van der Waals surface area contributed by atoms with Crippen LogP contribution in [0.1, 0.15) is 5.56 Å². The highest BCUT2D eigenvalue weighted by molar-refractivity contribution is 7.93. The van der Waals surface area contributed by atoms with E-state index in [2.05, 4.69) is 15.6 Å². The van der Waals surface area contributed by atoms with Crippen molar-refractivity contribution in [2.24, 2.45) is 0 Å². The number of sulfone groups is 1. The molecule has 1 heterocycles. The van der Waals surface area contributed by atoms with Crippen molar-refractivity contribution in [2.75, 3.05) is 10.6 Å². The third-order valence-electron chi connectivity index (χ3n) is 3.64. The lowest BCUT2D eigenvalue weighted by Crippen LogP contribution is -2.19. The molecule has 0 fully saturated rings. The van der Waals surface area contributed by atoms with Gasteiger partial charge in [0.05, 0.1) is 16.0 Å². The molecular formula is C17H14N4O5S2. The average molecular weight is 418 g/mol. The molecule has 3 rings (SSSR count). The lowest BCUT2D eigenvalue weighted by molar-refractivity contribution is -0.384. The molecule has 28 heavy (non-hydrogen) atoms. The van der Waals surface area contributed by atoms with E-state index >= 15 is 0 Å². The Balaban J connectivity index is 1.72. The van der Waals surface area contributed by atoms with Gasteiger partial charge in [-0.3, -0.25) is 15.4 Å². The van der Waals surface area contributed by atoms with Crippen molar-refractivity contribution >= 4 is 43.7 Å². The number of hydrogen-bond donors (Lipinski definition) is 2. The van der Waals surface area contributed by atoms with Gasteiger partial charge in [-0.05, 0) is 31.2 Å². The summed E-state index contributed by atoms with van der Waals surface area (Å²) in [5.41, 5.74) is 1.42. The number of thiazole rings is 1. The van der Waals surface area contributed by atoms with Crippen LogP contribution in [0.25, 0.3) is 0 Å². The maximum absolute atomic E-state index is 12.6. The van der Waals surface area contributed by atoms with Crippen LogP contribution in [0.4, 0.5) is 21.3 Å². The first-order valence-electron chi connectivity index (χ1n) is 7.86. The van der Waals surface area contributed by atoms with Crippen molar-refractivity contribution in [3.05, 3.63) is 70.4 Å². The Morgan fingerprint density at radius 2 is 1.71 bits per heavy atom. The molecule has 0 aliphatic rings. The Hall–Kier alpha value is -3.31. The molecule has 0 bridgehead atoms. The maximum Gasteiger partial charge on any atom is 0.325 e. The van der Waals surface area contributed by atoms with E-state index in [9.17, 15) is 23.3 Å². The van der Waals surface area contributed by atoms with Crippen LogP contribution < -0.4 is 10.6 Å². The van der Waals surface area contributed by atoms with Gasteiger partial charge in [-0.2, -0.15) is 0 Å². The minimum Gasteiger partial charge on any atom is -0.308 e. The Labute approximate surface area is 164 Å². The van der Waals surface area contributed by atoms with Gasteiger partial charge in [0.25, 0.3) is 5.69 Å². The van der Waals surface area contributed by atoms with Crippen LogP contribution in [0.3, 0.4) is 0 Å². The quantitative estimate of drug-likeness (QED) is 0.478. The van der Waals surface area contributed by atoms with Gasteiger partial charge in [0.2, 0.25) is 9.84 Å². The Kier molecular flexibility index (Phi) is 5.38. The number of non-ortho nitro benzene ring substituents is 1. The second-order valence-electron chi connectivity index (χ2n) is 5.68. The van der Waals surface area contributed by atoms with Gasteiger partial charge in [0.15, 0.2) is 5.13 Å². The summed E-state index contributed by atoms with van der Waals surface area (Å²) in [4.78, 5) is 25.9. The van der Waals surface area contributed by atoms with E-state index in [-0.39, 0.29) is 19.9 Å². The van der Waals surface area contributed by atoms with Gasteiger partial charge in [0.1, 0.15) is 4.21 Å². The van der Waals surface area contributed by atoms with Gasteiger partial charge in [-0.25, -0.2) is 18.2 Å². The molecule has 11 heteroatoms. The summed E-state index contributed by atoms with van der Waals surface area (Å²) >= 11 is 0.782. The van der Waals surface area contributed by atoms with Crippen LogP contribution in [0, 0.1) is 17.0 Å². The molecule has 2 amide bonds. The number of aromatic nitrogens is 1. The van der Waals surface area contributed by atoms with E-state index < -0.39 is 20.8 Å². The van der Waals surface area contributed by atoms with Gasteiger partial charge in [-0.1, -0.05) is 29.0 Å². The second kappa shape index (κ2) is 7.74. The zero-order valence-electron chi connectivity index (χ0n) is 14.4. The summed E-state index contributed by atoms with van der Waals surface area (Å²) in [6, 6.07) is 11.1. The largest absolute Gasteiger partial charge is 0.325 e. The molecule has 0 radical (unpaired) electrons. The molecular weight excluding hydrogens is 404 g/mol. The summed E-state index contributed by atoms with van der Waals surface area (Å²) in [6.07, 6.45) is 1.13. The standard InChI is InChI=1S/C17H14N4O5S2/c1-11-2-4-12(5-3-11)19-16(22)20-17-18-10-15(27-17)28(25,26)14-8-6-13(7-9-14)21(23)24/h2-10H,1H3,(H2,18,19,20,22). The minimum absolute atomic E-state index is 0.0908. The van der Waals surface area contributed by atoms with E-state index in [1.54, 1.807) is 12.1 Å². The Bertz CT molecular complexity index is 1120. The Morgan fingerprint density at radius 1 is 1.07 bits per heavy atom. The molecule has 2 N–H and O–H groups in total. The monoisotopic (exact) mass is 418 g/mol. The number of urea groups is 1. The van der Waals surface area contributed by atoms with E-state index in [0.717, 1.165) is 47.4 Å². The van der Waals surface area contributed by atoms with Crippen molar-refractivity contribution in [2.45, 2.75) is 16.0 Å². The van der Waals surface area contributed by atoms with E-state index in [0.29, 0.717) is 5.69 Å². The molecule has 3 aromatic rings. The highest BCUT2D eigenvalue weighted by Gasteiger charge is 2.22. The number of nitrogens with zero attached hydrogens (tertiary/aromatic N) is 2. The molecule has 0 saturated carbocycles. The molecule has 0 unspecified atom stereocenters. The van der Waals surface area contributed by atoms with Gasteiger partial charge < -0.3 is 5.32 Å². The van der Waals surface area contributed by atoms with E-state index in [4.69, 9.17) is 0 Å². The van der Waals surface area contributed by atoms with Crippen molar-refractivity contribution in [3.8, 4) is 0 Å². The number of carbonyl (C=O) groups excluding carboxylic acids is 1. The average Bonchev–Trinajstić information content (AvgIpc) is 3.13. The summed E-state index contributed by atoms with van der Waals surface area (Å²) in [7, 11) is -3.90.